The zero-order chi connectivity index (χ0) is 13.0. The van der Waals surface area contributed by atoms with Crippen molar-refractivity contribution < 1.29 is 14.6 Å². The van der Waals surface area contributed by atoms with Gasteiger partial charge in [-0.2, -0.15) is 0 Å². The van der Waals surface area contributed by atoms with Crippen LogP contribution in [0.15, 0.2) is 24.3 Å². The molecule has 4 heteroatoms. The van der Waals surface area contributed by atoms with E-state index < -0.39 is 0 Å². The van der Waals surface area contributed by atoms with Gasteiger partial charge in [0, 0.05) is 12.1 Å². The van der Waals surface area contributed by atoms with Gasteiger partial charge in [0.1, 0.15) is 0 Å². The van der Waals surface area contributed by atoms with E-state index in [2.05, 4.69) is 0 Å². The highest BCUT2D eigenvalue weighted by atomic mass is 16.5. The van der Waals surface area contributed by atoms with Gasteiger partial charge in [0.2, 0.25) is 0 Å². The molecule has 0 radical (unpaired) electrons. The molecule has 0 aromatic heterocycles. The van der Waals surface area contributed by atoms with Crippen LogP contribution in [0.3, 0.4) is 0 Å². The second-order valence-electron chi connectivity index (χ2n) is 4.62. The van der Waals surface area contributed by atoms with E-state index in [-0.39, 0.29) is 18.4 Å². The Hall–Kier alpha value is -1.23. The highest BCUT2D eigenvalue weighted by Crippen LogP contribution is 2.12. The lowest BCUT2D eigenvalue weighted by Crippen LogP contribution is -2.49. The Morgan fingerprint density at radius 2 is 2.28 bits per heavy atom. The molecule has 0 spiro atoms. The van der Waals surface area contributed by atoms with Gasteiger partial charge in [-0.3, -0.25) is 9.69 Å². The van der Waals surface area contributed by atoms with Crippen LogP contribution in [-0.2, 0) is 4.74 Å². The van der Waals surface area contributed by atoms with Crippen molar-refractivity contribution in [3.05, 3.63) is 35.4 Å². The predicted octanol–water partition coefficient (Wildman–Crippen LogP) is 0.871. The lowest BCUT2D eigenvalue weighted by Gasteiger charge is -2.33. The number of nitrogens with zero attached hydrogens (tertiary/aromatic N) is 1. The monoisotopic (exact) mass is 249 g/mol. The summed E-state index contributed by atoms with van der Waals surface area (Å²) in [6, 6.07) is 7.54. The van der Waals surface area contributed by atoms with Crippen molar-refractivity contribution in [3.8, 4) is 0 Å². The summed E-state index contributed by atoms with van der Waals surface area (Å²) in [4.78, 5) is 14.2. The Labute approximate surface area is 107 Å². The van der Waals surface area contributed by atoms with Gasteiger partial charge in [0.05, 0.1) is 32.4 Å². The number of aliphatic hydroxyl groups is 1. The van der Waals surface area contributed by atoms with Gasteiger partial charge < -0.3 is 9.84 Å². The molecule has 1 heterocycles. The molecule has 0 saturated carbocycles. The first-order valence-electron chi connectivity index (χ1n) is 6.24. The van der Waals surface area contributed by atoms with Crippen LogP contribution in [0.5, 0.6) is 0 Å². The highest BCUT2D eigenvalue weighted by Gasteiger charge is 2.24. The number of carbonyl (C=O) groups is 1. The SMILES string of the molecule is Cc1ccccc1C(=O)CN1CCOCC1CO. The molecule has 1 atom stereocenters. The van der Waals surface area contributed by atoms with E-state index in [1.165, 1.54) is 0 Å². The lowest BCUT2D eigenvalue weighted by molar-refractivity contribution is -0.0240. The van der Waals surface area contributed by atoms with Crippen LogP contribution in [0, 0.1) is 6.92 Å². The number of morpholine rings is 1. The molecular formula is C14H19NO3. The Balaban J connectivity index is 2.04. The minimum atomic E-state index is -0.0632. The largest absolute Gasteiger partial charge is 0.395 e. The molecule has 18 heavy (non-hydrogen) atoms. The molecule has 0 aliphatic carbocycles. The second kappa shape index (κ2) is 6.09. The van der Waals surface area contributed by atoms with Crippen molar-refractivity contribution in [3.63, 3.8) is 0 Å². The molecule has 0 amide bonds. The molecular weight excluding hydrogens is 230 g/mol. The van der Waals surface area contributed by atoms with Crippen molar-refractivity contribution >= 4 is 5.78 Å². The van der Waals surface area contributed by atoms with Crippen molar-refractivity contribution in [2.75, 3.05) is 32.9 Å². The molecule has 1 N–H and O–H groups in total. The van der Waals surface area contributed by atoms with Crippen LogP contribution in [0.1, 0.15) is 15.9 Å². The molecule has 2 rings (SSSR count). The third-order valence-electron chi connectivity index (χ3n) is 3.35. The topological polar surface area (TPSA) is 49.8 Å². The van der Waals surface area contributed by atoms with Crippen molar-refractivity contribution in [1.82, 2.24) is 4.90 Å². The summed E-state index contributed by atoms with van der Waals surface area (Å²) in [5, 5.41) is 9.27. The number of Topliss-reactive ketones (excluding diaryl/α,β-unsaturated/α-hetero) is 1. The maximum atomic E-state index is 12.2. The number of benzene rings is 1. The van der Waals surface area contributed by atoms with Crippen molar-refractivity contribution in [1.29, 1.82) is 0 Å². The van der Waals surface area contributed by atoms with Crippen LogP contribution < -0.4 is 0 Å². The number of aliphatic hydroxyl groups excluding tert-OH is 1. The Kier molecular flexibility index (Phi) is 4.47. The average molecular weight is 249 g/mol. The minimum Gasteiger partial charge on any atom is -0.395 e. The Morgan fingerprint density at radius 1 is 1.50 bits per heavy atom. The number of ether oxygens (including phenoxy) is 1. The molecule has 1 aromatic rings. The second-order valence-corrected chi connectivity index (χ2v) is 4.62. The third kappa shape index (κ3) is 2.96. The minimum absolute atomic E-state index is 0.0288. The summed E-state index contributed by atoms with van der Waals surface area (Å²) >= 11 is 0. The van der Waals surface area contributed by atoms with Crippen molar-refractivity contribution in [2.45, 2.75) is 13.0 Å². The molecule has 4 nitrogen and oxygen atoms in total. The molecule has 0 bridgehead atoms. The number of carbonyl (C=O) groups excluding carboxylic acids is 1. The summed E-state index contributed by atoms with van der Waals surface area (Å²) < 4.78 is 5.30. The summed E-state index contributed by atoms with van der Waals surface area (Å²) in [6.07, 6.45) is 0. The van der Waals surface area contributed by atoms with Gasteiger partial charge in [0.25, 0.3) is 0 Å². The van der Waals surface area contributed by atoms with Gasteiger partial charge in [-0.15, -0.1) is 0 Å². The van der Waals surface area contributed by atoms with Gasteiger partial charge in [-0.25, -0.2) is 0 Å². The quantitative estimate of drug-likeness (QED) is 0.804. The molecule has 1 fully saturated rings. The van der Waals surface area contributed by atoms with E-state index in [9.17, 15) is 9.90 Å². The Morgan fingerprint density at radius 3 is 3.00 bits per heavy atom. The fourth-order valence-corrected chi connectivity index (χ4v) is 2.22. The number of hydrogen-bond acceptors (Lipinski definition) is 4. The number of aryl methyl sites for hydroxylation is 1. The van der Waals surface area contributed by atoms with E-state index >= 15 is 0 Å². The van der Waals surface area contributed by atoms with Crippen LogP contribution in [0.4, 0.5) is 0 Å². The van der Waals surface area contributed by atoms with E-state index in [0.29, 0.717) is 26.3 Å². The number of rotatable bonds is 4. The first-order valence-corrected chi connectivity index (χ1v) is 6.24. The van der Waals surface area contributed by atoms with Gasteiger partial charge in [-0.1, -0.05) is 24.3 Å². The number of hydrogen-bond donors (Lipinski definition) is 1. The standard InChI is InChI=1S/C14H19NO3/c1-11-4-2-3-5-13(11)14(17)8-15-6-7-18-10-12(15)9-16/h2-5,12,16H,6-10H2,1H3. The average Bonchev–Trinajstić information content (AvgIpc) is 2.39. The molecule has 1 aliphatic heterocycles. The van der Waals surface area contributed by atoms with Crippen LogP contribution in [0.25, 0.3) is 0 Å². The lowest BCUT2D eigenvalue weighted by atomic mass is 10.0. The normalized spacial score (nSPS) is 20.9. The van der Waals surface area contributed by atoms with Gasteiger partial charge >= 0.3 is 0 Å². The smallest absolute Gasteiger partial charge is 0.177 e. The first kappa shape index (κ1) is 13.2. The molecule has 98 valence electrons. The molecule has 1 saturated heterocycles. The van der Waals surface area contributed by atoms with E-state index in [1.807, 2.05) is 36.1 Å². The molecule has 1 aromatic carbocycles. The molecule has 1 aliphatic rings. The summed E-state index contributed by atoms with van der Waals surface area (Å²) in [5.74, 6) is 0.105. The van der Waals surface area contributed by atoms with Crippen LogP contribution in [-0.4, -0.2) is 54.7 Å². The predicted molar refractivity (Wildman–Crippen MR) is 68.8 cm³/mol. The summed E-state index contributed by atoms with van der Waals surface area (Å²) in [6.45, 7) is 4.13. The maximum absolute atomic E-state index is 12.2. The van der Waals surface area contributed by atoms with E-state index in [1.54, 1.807) is 0 Å². The van der Waals surface area contributed by atoms with Gasteiger partial charge in [0.15, 0.2) is 5.78 Å². The van der Waals surface area contributed by atoms with Crippen LogP contribution >= 0.6 is 0 Å². The molecule has 1 unspecified atom stereocenters. The zero-order valence-corrected chi connectivity index (χ0v) is 10.6. The highest BCUT2D eigenvalue weighted by molar-refractivity contribution is 5.98. The zero-order valence-electron chi connectivity index (χ0n) is 10.6. The Bertz CT molecular complexity index is 419. The first-order chi connectivity index (χ1) is 8.72. The van der Waals surface area contributed by atoms with E-state index in [0.717, 1.165) is 11.1 Å². The van der Waals surface area contributed by atoms with Crippen molar-refractivity contribution in [2.24, 2.45) is 0 Å². The third-order valence-corrected chi connectivity index (χ3v) is 3.35. The van der Waals surface area contributed by atoms with Crippen LogP contribution in [0.2, 0.25) is 0 Å². The maximum Gasteiger partial charge on any atom is 0.177 e. The number of ketones is 1. The fraction of sp³-hybridized carbons (Fsp3) is 0.500. The summed E-state index contributed by atoms with van der Waals surface area (Å²) in [5.41, 5.74) is 1.76. The van der Waals surface area contributed by atoms with Gasteiger partial charge in [-0.05, 0) is 12.5 Å². The fourth-order valence-electron chi connectivity index (χ4n) is 2.22. The van der Waals surface area contributed by atoms with E-state index in [4.69, 9.17) is 4.74 Å². The summed E-state index contributed by atoms with van der Waals surface area (Å²) in [7, 11) is 0.